The molecule has 12 nitrogen and oxygen atoms in total. The number of ether oxygens (including phenoxy) is 1. The first-order chi connectivity index (χ1) is 21.7. The summed E-state index contributed by atoms with van der Waals surface area (Å²) in [5.41, 5.74) is 4.30. The molecule has 0 bridgehead atoms. The summed E-state index contributed by atoms with van der Waals surface area (Å²) >= 11 is 0. The van der Waals surface area contributed by atoms with E-state index in [-0.39, 0.29) is 19.3 Å². The van der Waals surface area contributed by atoms with Crippen molar-refractivity contribution < 1.29 is 33.5 Å². The van der Waals surface area contributed by atoms with Gasteiger partial charge in [0.05, 0.1) is 6.42 Å². The highest BCUT2D eigenvalue weighted by Gasteiger charge is 2.43. The van der Waals surface area contributed by atoms with Crippen molar-refractivity contribution in [2.24, 2.45) is 5.73 Å². The molecule has 12 heteroatoms. The van der Waals surface area contributed by atoms with Gasteiger partial charge in [-0.2, -0.15) is 0 Å². The third-order valence-electron chi connectivity index (χ3n) is 7.95. The van der Waals surface area contributed by atoms with E-state index in [1.54, 1.807) is 27.7 Å². The van der Waals surface area contributed by atoms with Crippen LogP contribution < -0.4 is 27.0 Å². The van der Waals surface area contributed by atoms with Crippen LogP contribution in [0.3, 0.4) is 0 Å². The average Bonchev–Trinajstić information content (AvgIpc) is 3.00. The van der Waals surface area contributed by atoms with Gasteiger partial charge >= 0.3 is 11.9 Å². The van der Waals surface area contributed by atoms with E-state index in [0.29, 0.717) is 32.2 Å². The van der Waals surface area contributed by atoms with Gasteiger partial charge in [0.15, 0.2) is 0 Å². The number of primary amides is 1. The Morgan fingerprint density at radius 1 is 0.891 bits per heavy atom. The molecule has 0 aliphatic heterocycles. The van der Waals surface area contributed by atoms with E-state index in [2.05, 4.69) is 27.3 Å². The molecule has 0 heterocycles. The van der Waals surface area contributed by atoms with Crippen molar-refractivity contribution in [3.05, 3.63) is 48.0 Å². The van der Waals surface area contributed by atoms with Gasteiger partial charge in [0.2, 0.25) is 23.6 Å². The first-order valence-electron chi connectivity index (χ1n) is 15.9. The summed E-state index contributed by atoms with van der Waals surface area (Å²) in [6, 6.07) is 11.8. The van der Waals surface area contributed by atoms with Crippen LogP contribution in [0.15, 0.2) is 42.5 Å². The molecule has 46 heavy (non-hydrogen) atoms. The van der Waals surface area contributed by atoms with Crippen LogP contribution in [0.5, 0.6) is 0 Å². The molecule has 1 aliphatic carbocycles. The summed E-state index contributed by atoms with van der Waals surface area (Å²) in [6.45, 7) is 6.81. The number of rotatable bonds is 13. The van der Waals surface area contributed by atoms with Crippen LogP contribution in [0.4, 0.5) is 0 Å². The van der Waals surface area contributed by atoms with Crippen molar-refractivity contribution in [1.29, 1.82) is 0 Å². The molecule has 2 atom stereocenters. The van der Waals surface area contributed by atoms with E-state index < -0.39 is 65.1 Å². The minimum atomic E-state index is -1.38. The van der Waals surface area contributed by atoms with E-state index in [1.807, 2.05) is 36.4 Å². The van der Waals surface area contributed by atoms with Gasteiger partial charge in [-0.3, -0.25) is 24.0 Å². The molecular formula is C34H47N5O7. The summed E-state index contributed by atoms with van der Waals surface area (Å²) in [6.07, 6.45) is 3.76. The molecule has 0 radical (unpaired) electrons. The normalized spacial score (nSPS) is 15.6. The molecule has 0 spiro atoms. The molecule has 2 aromatic carbocycles. The predicted molar refractivity (Wildman–Crippen MR) is 173 cm³/mol. The average molecular weight is 638 g/mol. The smallest absolute Gasteiger partial charge is 0.397 e. The van der Waals surface area contributed by atoms with Crippen LogP contribution in [0, 0.1) is 0 Å². The molecule has 0 unspecified atom stereocenters. The fourth-order valence-corrected chi connectivity index (χ4v) is 5.61. The fourth-order valence-electron chi connectivity index (χ4n) is 5.61. The molecule has 1 saturated carbocycles. The molecule has 1 aliphatic rings. The summed E-state index contributed by atoms with van der Waals surface area (Å²) < 4.78 is 5.08. The standard InChI is InChI=1S/C34H47N5O7/c1-5-25(37-30(43)31(44)46-33(2,3)4)29(42)39-34(18-9-6-10-19-34)32(45)38-26(21-27(35)40)28(41)36-20-12-16-23-15-11-14-22-13-7-8-17-24(22)23/h7-8,11,13-15,17,25-26H,5-6,9-10,12,16,18-21H2,1-4H3,(H2,35,40)(H,36,41)(H,37,43)(H,38,45)(H,39,42)/t25-,26-/m0/s1. The van der Waals surface area contributed by atoms with E-state index in [4.69, 9.17) is 10.5 Å². The molecule has 3 rings (SSSR count). The molecule has 0 aromatic heterocycles. The lowest BCUT2D eigenvalue weighted by Gasteiger charge is -2.38. The van der Waals surface area contributed by atoms with Crippen molar-refractivity contribution in [3.63, 3.8) is 0 Å². The Bertz CT molecular complexity index is 1420. The number of nitrogens with two attached hydrogens (primary N) is 1. The number of benzene rings is 2. The third kappa shape index (κ3) is 10.3. The summed E-state index contributed by atoms with van der Waals surface area (Å²) in [5, 5.41) is 12.9. The fraction of sp³-hybridized carbons (Fsp3) is 0.529. The van der Waals surface area contributed by atoms with Gasteiger partial charge in [-0.25, -0.2) is 4.79 Å². The Morgan fingerprint density at radius 3 is 2.22 bits per heavy atom. The van der Waals surface area contributed by atoms with Crippen LogP contribution in [-0.2, 0) is 39.9 Å². The van der Waals surface area contributed by atoms with E-state index in [9.17, 15) is 28.8 Å². The quantitative estimate of drug-likeness (QED) is 0.127. The SMILES string of the molecule is CC[C@H](NC(=O)C(=O)OC(C)(C)C)C(=O)NC1(C(=O)N[C@@H](CC(N)=O)C(=O)NCCCc2cccc3ccccc23)CCCCC1. The van der Waals surface area contributed by atoms with Crippen LogP contribution in [0.2, 0.25) is 0 Å². The van der Waals surface area contributed by atoms with Gasteiger partial charge in [0.1, 0.15) is 23.2 Å². The number of hydrogen-bond donors (Lipinski definition) is 5. The number of esters is 1. The second-order valence-electron chi connectivity index (χ2n) is 12.8. The Morgan fingerprint density at radius 2 is 1.57 bits per heavy atom. The molecule has 250 valence electrons. The van der Waals surface area contributed by atoms with Crippen LogP contribution in [0.1, 0.15) is 84.6 Å². The van der Waals surface area contributed by atoms with Gasteiger partial charge in [0.25, 0.3) is 0 Å². The zero-order valence-electron chi connectivity index (χ0n) is 27.2. The highest BCUT2D eigenvalue weighted by atomic mass is 16.6. The van der Waals surface area contributed by atoms with Gasteiger partial charge in [0, 0.05) is 6.54 Å². The van der Waals surface area contributed by atoms with E-state index in [0.717, 1.165) is 22.8 Å². The number of amides is 5. The molecule has 1 fully saturated rings. The lowest BCUT2D eigenvalue weighted by Crippen LogP contribution is -2.65. The monoisotopic (exact) mass is 637 g/mol. The van der Waals surface area contributed by atoms with E-state index >= 15 is 0 Å². The van der Waals surface area contributed by atoms with E-state index in [1.165, 1.54) is 0 Å². The summed E-state index contributed by atoms with van der Waals surface area (Å²) in [4.78, 5) is 76.8. The maximum Gasteiger partial charge on any atom is 0.397 e. The largest absolute Gasteiger partial charge is 0.453 e. The van der Waals surface area contributed by atoms with Gasteiger partial charge < -0.3 is 31.7 Å². The first kappa shape index (κ1) is 36.0. The Kier molecular flexibility index (Phi) is 12.7. The number of aryl methyl sites for hydroxylation is 1. The molecule has 6 N–H and O–H groups in total. The topological polar surface area (TPSA) is 186 Å². The first-order valence-corrected chi connectivity index (χ1v) is 15.9. The summed E-state index contributed by atoms with van der Waals surface area (Å²) in [7, 11) is 0. The van der Waals surface area contributed by atoms with Crippen LogP contribution >= 0.6 is 0 Å². The Hall–Kier alpha value is -4.48. The predicted octanol–water partition coefficient (Wildman–Crippen LogP) is 2.30. The molecular weight excluding hydrogens is 590 g/mol. The van der Waals surface area contributed by atoms with Crippen molar-refractivity contribution in [3.8, 4) is 0 Å². The number of hydrogen-bond acceptors (Lipinski definition) is 7. The molecule has 5 amide bonds. The number of nitrogens with one attached hydrogen (secondary N) is 4. The minimum absolute atomic E-state index is 0.142. The van der Waals surface area contributed by atoms with Crippen LogP contribution in [-0.4, -0.2) is 65.3 Å². The van der Waals surface area contributed by atoms with Crippen molar-refractivity contribution in [2.75, 3.05) is 6.54 Å². The maximum absolute atomic E-state index is 13.8. The second-order valence-corrected chi connectivity index (χ2v) is 12.8. The van der Waals surface area contributed by atoms with Gasteiger partial charge in [-0.1, -0.05) is 68.7 Å². The number of carbonyl (C=O) groups excluding carboxylic acids is 6. The number of carbonyl (C=O) groups is 6. The zero-order chi connectivity index (χ0) is 33.9. The maximum atomic E-state index is 13.8. The minimum Gasteiger partial charge on any atom is -0.453 e. The Labute approximate surface area is 269 Å². The Balaban J connectivity index is 1.65. The number of fused-ring (bicyclic) bond motifs is 1. The summed E-state index contributed by atoms with van der Waals surface area (Å²) in [5.74, 6) is -4.79. The third-order valence-corrected chi connectivity index (χ3v) is 7.95. The zero-order valence-corrected chi connectivity index (χ0v) is 27.2. The van der Waals surface area contributed by atoms with Gasteiger partial charge in [-0.15, -0.1) is 0 Å². The van der Waals surface area contributed by atoms with Crippen LogP contribution in [0.25, 0.3) is 10.8 Å². The van der Waals surface area contributed by atoms with Crippen molar-refractivity contribution in [2.45, 2.75) is 109 Å². The van der Waals surface area contributed by atoms with Crippen molar-refractivity contribution >= 4 is 46.3 Å². The lowest BCUT2D eigenvalue weighted by molar-refractivity contribution is -0.163. The molecule has 0 saturated heterocycles. The molecule has 2 aromatic rings. The van der Waals surface area contributed by atoms with Gasteiger partial charge in [-0.05, 0) is 69.2 Å². The highest BCUT2D eigenvalue weighted by molar-refractivity contribution is 6.33. The lowest BCUT2D eigenvalue weighted by atomic mass is 9.80. The second kappa shape index (κ2) is 16.2. The highest BCUT2D eigenvalue weighted by Crippen LogP contribution is 2.29. The van der Waals surface area contributed by atoms with Crippen molar-refractivity contribution in [1.82, 2.24) is 21.3 Å².